The summed E-state index contributed by atoms with van der Waals surface area (Å²) >= 11 is 2.04. The molecule has 5 heteroatoms. The normalized spacial score (nSPS) is 26.9. The second-order valence-corrected chi connectivity index (χ2v) is 5.00. The van der Waals surface area contributed by atoms with Crippen molar-refractivity contribution < 1.29 is 4.52 Å². The van der Waals surface area contributed by atoms with Crippen LogP contribution in [0, 0.1) is 0 Å². The molecule has 2 rings (SSSR count). The van der Waals surface area contributed by atoms with Crippen LogP contribution in [-0.2, 0) is 6.42 Å². The number of thioether (sulfide) groups is 1. The Bertz CT molecular complexity index is 265. The minimum atomic E-state index is 0.655. The lowest BCUT2D eigenvalue weighted by Gasteiger charge is -2.15. The minimum Gasteiger partial charge on any atom is -0.340 e. The Hall–Kier alpha value is -0.550. The first-order chi connectivity index (χ1) is 6.86. The van der Waals surface area contributed by atoms with Crippen LogP contribution in [-0.4, -0.2) is 33.7 Å². The van der Waals surface area contributed by atoms with E-state index in [0.717, 1.165) is 24.1 Å². The minimum absolute atomic E-state index is 0.655. The number of rotatable bonds is 4. The van der Waals surface area contributed by atoms with Crippen molar-refractivity contribution in [2.24, 2.45) is 0 Å². The van der Waals surface area contributed by atoms with Crippen LogP contribution >= 0.6 is 11.8 Å². The Labute approximate surface area is 87.8 Å². The van der Waals surface area contributed by atoms with Crippen molar-refractivity contribution in [2.45, 2.75) is 31.1 Å². The van der Waals surface area contributed by atoms with E-state index >= 15 is 0 Å². The summed E-state index contributed by atoms with van der Waals surface area (Å²) in [6.07, 6.45) is 3.55. The fourth-order valence-corrected chi connectivity index (χ4v) is 2.90. The zero-order chi connectivity index (χ0) is 9.80. The highest BCUT2D eigenvalue weighted by molar-refractivity contribution is 8.00. The molecule has 1 aliphatic heterocycles. The Morgan fingerprint density at radius 1 is 1.71 bits per heavy atom. The molecule has 1 fully saturated rings. The second-order valence-electron chi connectivity index (χ2n) is 3.51. The maximum Gasteiger partial charge on any atom is 0.227 e. The Kier molecular flexibility index (Phi) is 3.42. The van der Waals surface area contributed by atoms with Crippen LogP contribution in [0.25, 0.3) is 0 Å². The predicted octanol–water partition coefficient (Wildman–Crippen LogP) is 1.10. The van der Waals surface area contributed by atoms with E-state index in [0.29, 0.717) is 6.04 Å². The standard InChI is InChI=1S/C9H15N3OS/c1-7-8(3-5-14-7)10-4-2-9-11-6-12-13-9/h6-8,10H,2-5H2,1H3. The summed E-state index contributed by atoms with van der Waals surface area (Å²) < 4.78 is 4.92. The van der Waals surface area contributed by atoms with Crippen LogP contribution < -0.4 is 5.32 Å². The van der Waals surface area contributed by atoms with E-state index in [1.165, 1.54) is 18.5 Å². The van der Waals surface area contributed by atoms with E-state index < -0.39 is 0 Å². The van der Waals surface area contributed by atoms with Crippen molar-refractivity contribution >= 4 is 11.8 Å². The van der Waals surface area contributed by atoms with Gasteiger partial charge in [-0.3, -0.25) is 0 Å². The SMILES string of the molecule is CC1SCCC1NCCc1ncno1. The van der Waals surface area contributed by atoms with Crippen LogP contribution in [0.4, 0.5) is 0 Å². The lowest BCUT2D eigenvalue weighted by molar-refractivity contribution is 0.371. The molecular formula is C9H15N3OS. The third-order valence-corrected chi connectivity index (χ3v) is 3.85. The summed E-state index contributed by atoms with van der Waals surface area (Å²) in [6.45, 7) is 3.21. The highest BCUT2D eigenvalue weighted by Crippen LogP contribution is 2.25. The van der Waals surface area contributed by atoms with Gasteiger partial charge >= 0.3 is 0 Å². The Morgan fingerprint density at radius 3 is 3.29 bits per heavy atom. The molecule has 0 aliphatic carbocycles. The van der Waals surface area contributed by atoms with Gasteiger partial charge in [0.15, 0.2) is 6.33 Å². The number of hydrogen-bond donors (Lipinski definition) is 1. The molecule has 0 radical (unpaired) electrons. The maximum atomic E-state index is 4.92. The molecule has 1 saturated heterocycles. The maximum absolute atomic E-state index is 4.92. The van der Waals surface area contributed by atoms with E-state index in [1.807, 2.05) is 11.8 Å². The van der Waals surface area contributed by atoms with Gasteiger partial charge in [-0.15, -0.1) is 0 Å². The first-order valence-corrected chi connectivity index (χ1v) is 6.01. The van der Waals surface area contributed by atoms with Crippen molar-refractivity contribution in [1.82, 2.24) is 15.5 Å². The number of nitrogens with one attached hydrogen (secondary N) is 1. The lowest BCUT2D eigenvalue weighted by atomic mass is 10.2. The molecule has 0 bridgehead atoms. The van der Waals surface area contributed by atoms with E-state index in [1.54, 1.807) is 0 Å². The van der Waals surface area contributed by atoms with Crippen LogP contribution in [0.5, 0.6) is 0 Å². The second kappa shape index (κ2) is 4.79. The van der Waals surface area contributed by atoms with Crippen molar-refractivity contribution in [3.63, 3.8) is 0 Å². The molecule has 4 nitrogen and oxygen atoms in total. The van der Waals surface area contributed by atoms with Gasteiger partial charge in [0, 0.05) is 24.3 Å². The number of nitrogens with zero attached hydrogens (tertiary/aromatic N) is 2. The largest absolute Gasteiger partial charge is 0.340 e. The zero-order valence-corrected chi connectivity index (χ0v) is 9.09. The third kappa shape index (κ3) is 2.48. The summed E-state index contributed by atoms with van der Waals surface area (Å²) in [7, 11) is 0. The summed E-state index contributed by atoms with van der Waals surface area (Å²) in [4.78, 5) is 3.98. The van der Waals surface area contributed by atoms with Gasteiger partial charge in [0.2, 0.25) is 5.89 Å². The van der Waals surface area contributed by atoms with Crippen molar-refractivity contribution in [3.05, 3.63) is 12.2 Å². The van der Waals surface area contributed by atoms with Crippen LogP contribution in [0.3, 0.4) is 0 Å². The molecule has 0 spiro atoms. The van der Waals surface area contributed by atoms with Crippen molar-refractivity contribution in [1.29, 1.82) is 0 Å². The molecule has 1 aliphatic rings. The molecule has 1 N–H and O–H groups in total. The number of aromatic nitrogens is 2. The quantitative estimate of drug-likeness (QED) is 0.811. The highest BCUT2D eigenvalue weighted by Gasteiger charge is 2.22. The molecule has 2 unspecified atom stereocenters. The smallest absolute Gasteiger partial charge is 0.227 e. The topological polar surface area (TPSA) is 51.0 Å². The highest BCUT2D eigenvalue weighted by atomic mass is 32.2. The first kappa shape index (κ1) is 9.98. The molecular weight excluding hydrogens is 198 g/mol. The molecule has 1 aromatic rings. The summed E-state index contributed by atoms with van der Waals surface area (Å²) in [5.74, 6) is 2.00. The van der Waals surface area contributed by atoms with Gasteiger partial charge in [-0.25, -0.2) is 0 Å². The van der Waals surface area contributed by atoms with Crippen LogP contribution in [0.2, 0.25) is 0 Å². The van der Waals surface area contributed by atoms with E-state index in [9.17, 15) is 0 Å². The summed E-state index contributed by atoms with van der Waals surface area (Å²) in [5.41, 5.74) is 0. The van der Waals surface area contributed by atoms with Crippen molar-refractivity contribution in [2.75, 3.05) is 12.3 Å². The zero-order valence-electron chi connectivity index (χ0n) is 8.27. The third-order valence-electron chi connectivity index (χ3n) is 2.53. The fraction of sp³-hybridized carbons (Fsp3) is 0.778. The van der Waals surface area contributed by atoms with Crippen LogP contribution in [0.1, 0.15) is 19.2 Å². The summed E-state index contributed by atoms with van der Waals surface area (Å²) in [5, 5.41) is 7.82. The first-order valence-electron chi connectivity index (χ1n) is 4.97. The molecule has 2 heterocycles. The monoisotopic (exact) mass is 213 g/mol. The summed E-state index contributed by atoms with van der Waals surface area (Å²) in [6, 6.07) is 0.655. The number of hydrogen-bond acceptors (Lipinski definition) is 5. The average Bonchev–Trinajstić information content (AvgIpc) is 2.78. The van der Waals surface area contributed by atoms with Gasteiger partial charge < -0.3 is 9.84 Å². The molecule has 0 amide bonds. The lowest BCUT2D eigenvalue weighted by Crippen LogP contribution is -2.34. The van der Waals surface area contributed by atoms with Gasteiger partial charge in [-0.1, -0.05) is 12.1 Å². The predicted molar refractivity (Wildman–Crippen MR) is 56.3 cm³/mol. The molecule has 2 atom stereocenters. The Balaban J connectivity index is 1.68. The van der Waals surface area contributed by atoms with Crippen LogP contribution in [0.15, 0.2) is 10.9 Å². The average molecular weight is 213 g/mol. The van der Waals surface area contributed by atoms with Gasteiger partial charge in [0.25, 0.3) is 0 Å². The molecule has 78 valence electrons. The molecule has 0 saturated carbocycles. The van der Waals surface area contributed by atoms with E-state index in [4.69, 9.17) is 4.52 Å². The molecule has 14 heavy (non-hydrogen) atoms. The fourth-order valence-electron chi connectivity index (χ4n) is 1.67. The van der Waals surface area contributed by atoms with Gasteiger partial charge in [0.05, 0.1) is 0 Å². The van der Waals surface area contributed by atoms with Gasteiger partial charge in [0.1, 0.15) is 0 Å². The van der Waals surface area contributed by atoms with E-state index in [2.05, 4.69) is 22.4 Å². The van der Waals surface area contributed by atoms with Crippen molar-refractivity contribution in [3.8, 4) is 0 Å². The molecule has 0 aromatic carbocycles. The van der Waals surface area contributed by atoms with Gasteiger partial charge in [-0.2, -0.15) is 16.7 Å². The Morgan fingerprint density at radius 2 is 2.64 bits per heavy atom. The van der Waals surface area contributed by atoms with E-state index in [-0.39, 0.29) is 0 Å². The van der Waals surface area contributed by atoms with Gasteiger partial charge in [-0.05, 0) is 12.2 Å². The molecule has 1 aromatic heterocycles.